The second kappa shape index (κ2) is 8.28. The number of H-pyrrole nitrogens is 1. The molecule has 0 amide bonds. The average Bonchev–Trinajstić information content (AvgIpc) is 3.44. The van der Waals surface area contributed by atoms with E-state index in [0.29, 0.717) is 5.92 Å². The van der Waals surface area contributed by atoms with Crippen molar-refractivity contribution in [1.82, 2.24) is 9.97 Å². The molecule has 0 atom stereocenters. The molecule has 0 unspecified atom stereocenters. The standard InChI is InChI=1S/C23H25F3N2O2/c1-14(15-2-3-15)21(20-12-27-13-28-20)22(29)18-6-4-16(5-7-18)17-8-10-19(11-9-17)30-23(24,25)26/h8-13,15-16,18H,2-7H2,1H3,(H,27,28)/b21-14-. The van der Waals surface area contributed by atoms with Crippen LogP contribution in [0.3, 0.4) is 0 Å². The molecule has 160 valence electrons. The lowest BCUT2D eigenvalue weighted by Gasteiger charge is -2.29. The monoisotopic (exact) mass is 418 g/mol. The van der Waals surface area contributed by atoms with E-state index in [4.69, 9.17) is 0 Å². The first kappa shape index (κ1) is 20.7. The SMILES string of the molecule is C/C(=C(/C(=O)C1CCC(c2ccc(OC(F)(F)F)cc2)CC1)c1cnc[nH]1)C1CC1. The number of aromatic nitrogens is 2. The first-order valence-corrected chi connectivity index (χ1v) is 10.4. The van der Waals surface area contributed by atoms with Crippen molar-refractivity contribution in [2.45, 2.75) is 57.7 Å². The number of benzene rings is 1. The summed E-state index contributed by atoms with van der Waals surface area (Å²) in [6.07, 6.45) is 4.15. The van der Waals surface area contributed by atoms with E-state index >= 15 is 0 Å². The van der Waals surface area contributed by atoms with Crippen molar-refractivity contribution >= 4 is 11.4 Å². The first-order valence-electron chi connectivity index (χ1n) is 10.4. The normalized spacial score (nSPS) is 23.1. The summed E-state index contributed by atoms with van der Waals surface area (Å²) in [6.45, 7) is 2.06. The number of hydrogen-bond acceptors (Lipinski definition) is 3. The van der Waals surface area contributed by atoms with Crippen molar-refractivity contribution < 1.29 is 22.7 Å². The van der Waals surface area contributed by atoms with Crippen LogP contribution in [0.15, 0.2) is 42.4 Å². The molecule has 0 radical (unpaired) electrons. The summed E-state index contributed by atoms with van der Waals surface area (Å²) in [5.41, 5.74) is 3.75. The van der Waals surface area contributed by atoms with Crippen LogP contribution in [-0.2, 0) is 4.79 Å². The summed E-state index contributed by atoms with van der Waals surface area (Å²) in [5, 5.41) is 0. The molecule has 0 saturated heterocycles. The number of ether oxygens (including phenoxy) is 1. The Labute approximate surface area is 173 Å². The number of rotatable bonds is 6. The van der Waals surface area contributed by atoms with Crippen molar-refractivity contribution in [3.05, 3.63) is 53.6 Å². The molecule has 2 aliphatic carbocycles. The highest BCUT2D eigenvalue weighted by Gasteiger charge is 2.34. The van der Waals surface area contributed by atoms with Crippen LogP contribution in [0.2, 0.25) is 0 Å². The summed E-state index contributed by atoms with van der Waals surface area (Å²) in [5.74, 6) is 0.705. The number of aromatic amines is 1. The van der Waals surface area contributed by atoms with E-state index in [-0.39, 0.29) is 23.4 Å². The number of alkyl halides is 3. The molecule has 30 heavy (non-hydrogen) atoms. The van der Waals surface area contributed by atoms with Crippen LogP contribution in [0.4, 0.5) is 13.2 Å². The number of nitrogens with one attached hydrogen (secondary N) is 1. The minimum Gasteiger partial charge on any atom is -0.406 e. The largest absolute Gasteiger partial charge is 0.573 e. The highest BCUT2D eigenvalue weighted by atomic mass is 19.4. The van der Waals surface area contributed by atoms with Gasteiger partial charge in [-0.15, -0.1) is 13.2 Å². The van der Waals surface area contributed by atoms with Gasteiger partial charge in [0, 0.05) is 11.5 Å². The molecule has 1 heterocycles. The highest BCUT2D eigenvalue weighted by Crippen LogP contribution is 2.43. The van der Waals surface area contributed by atoms with Gasteiger partial charge in [-0.05, 0) is 75.0 Å². The fraction of sp³-hybridized carbons (Fsp3) is 0.478. The number of imidazole rings is 1. The summed E-state index contributed by atoms with van der Waals surface area (Å²) in [4.78, 5) is 20.5. The van der Waals surface area contributed by atoms with E-state index in [1.807, 2.05) is 0 Å². The number of Topliss-reactive ketones (excluding diaryl/α,β-unsaturated/α-hetero) is 1. The van der Waals surface area contributed by atoms with Crippen LogP contribution >= 0.6 is 0 Å². The Kier molecular flexibility index (Phi) is 5.71. The molecule has 4 rings (SSSR count). The zero-order valence-corrected chi connectivity index (χ0v) is 16.8. The minimum absolute atomic E-state index is 0.0268. The van der Waals surface area contributed by atoms with E-state index in [1.54, 1.807) is 24.7 Å². The molecule has 2 aliphatic rings. The highest BCUT2D eigenvalue weighted by molar-refractivity contribution is 6.22. The number of ketones is 1. The Morgan fingerprint density at radius 1 is 1.03 bits per heavy atom. The van der Waals surface area contributed by atoms with Gasteiger partial charge in [0.25, 0.3) is 0 Å². The third-order valence-electron chi connectivity index (χ3n) is 6.28. The van der Waals surface area contributed by atoms with Crippen molar-refractivity contribution in [3.63, 3.8) is 0 Å². The van der Waals surface area contributed by atoms with Gasteiger partial charge in [0.2, 0.25) is 0 Å². The zero-order chi connectivity index (χ0) is 21.3. The molecule has 1 aromatic heterocycles. The second-order valence-corrected chi connectivity index (χ2v) is 8.33. The third-order valence-corrected chi connectivity index (χ3v) is 6.28. The number of hydrogen-bond donors (Lipinski definition) is 1. The maximum Gasteiger partial charge on any atom is 0.573 e. The van der Waals surface area contributed by atoms with Crippen LogP contribution in [0.25, 0.3) is 5.57 Å². The van der Waals surface area contributed by atoms with Gasteiger partial charge in [-0.25, -0.2) is 4.98 Å². The van der Waals surface area contributed by atoms with Crippen molar-refractivity contribution in [3.8, 4) is 5.75 Å². The van der Waals surface area contributed by atoms with Crippen LogP contribution in [0, 0.1) is 11.8 Å². The molecule has 2 aromatic rings. The molecule has 1 N–H and O–H groups in total. The maximum atomic E-state index is 13.4. The van der Waals surface area contributed by atoms with E-state index < -0.39 is 6.36 Å². The van der Waals surface area contributed by atoms with Crippen LogP contribution in [-0.4, -0.2) is 22.1 Å². The molecule has 7 heteroatoms. The zero-order valence-electron chi connectivity index (χ0n) is 16.8. The van der Waals surface area contributed by atoms with Crippen LogP contribution < -0.4 is 4.74 Å². The van der Waals surface area contributed by atoms with Gasteiger partial charge in [0.15, 0.2) is 5.78 Å². The molecule has 4 nitrogen and oxygen atoms in total. The van der Waals surface area contributed by atoms with E-state index in [9.17, 15) is 18.0 Å². The quantitative estimate of drug-likeness (QED) is 0.583. The lowest BCUT2D eigenvalue weighted by atomic mass is 9.75. The molecule has 1 aromatic carbocycles. The first-order chi connectivity index (χ1) is 14.3. The fourth-order valence-electron chi connectivity index (χ4n) is 4.49. The predicted molar refractivity (Wildman–Crippen MR) is 107 cm³/mol. The van der Waals surface area contributed by atoms with Crippen LogP contribution in [0.1, 0.15) is 62.6 Å². The Balaban J connectivity index is 1.41. The molecular formula is C23H25F3N2O2. The van der Waals surface area contributed by atoms with Gasteiger partial charge in [-0.3, -0.25) is 4.79 Å². The average molecular weight is 418 g/mol. The Morgan fingerprint density at radius 2 is 1.67 bits per heavy atom. The Bertz CT molecular complexity index is 905. The number of allylic oxidation sites excluding steroid dienone is 2. The maximum absolute atomic E-state index is 13.4. The molecule has 0 aliphatic heterocycles. The number of nitrogens with zero attached hydrogens (tertiary/aromatic N) is 1. The number of carbonyl (C=O) groups excluding carboxylic acids is 1. The lowest BCUT2D eigenvalue weighted by molar-refractivity contribution is -0.274. The minimum atomic E-state index is -4.68. The summed E-state index contributed by atoms with van der Waals surface area (Å²) < 4.78 is 40.9. The second-order valence-electron chi connectivity index (χ2n) is 8.33. The summed E-state index contributed by atoms with van der Waals surface area (Å²) >= 11 is 0. The lowest BCUT2D eigenvalue weighted by Crippen LogP contribution is -2.23. The molecule has 2 fully saturated rings. The van der Waals surface area contributed by atoms with Gasteiger partial charge in [0.05, 0.1) is 18.2 Å². The summed E-state index contributed by atoms with van der Waals surface area (Å²) in [7, 11) is 0. The van der Waals surface area contributed by atoms with Gasteiger partial charge >= 0.3 is 6.36 Å². The van der Waals surface area contributed by atoms with Gasteiger partial charge in [0.1, 0.15) is 5.75 Å². The van der Waals surface area contributed by atoms with Gasteiger partial charge in [-0.1, -0.05) is 17.7 Å². The van der Waals surface area contributed by atoms with E-state index in [1.165, 1.54) is 12.1 Å². The predicted octanol–water partition coefficient (Wildman–Crippen LogP) is 6.03. The third kappa shape index (κ3) is 4.77. The van der Waals surface area contributed by atoms with Crippen molar-refractivity contribution in [2.24, 2.45) is 11.8 Å². The fourth-order valence-corrected chi connectivity index (χ4v) is 4.49. The summed E-state index contributed by atoms with van der Waals surface area (Å²) in [6, 6.07) is 6.11. The number of halogens is 3. The number of carbonyl (C=O) groups is 1. The van der Waals surface area contributed by atoms with E-state index in [0.717, 1.165) is 60.9 Å². The van der Waals surface area contributed by atoms with E-state index in [2.05, 4.69) is 21.6 Å². The molecular weight excluding hydrogens is 393 g/mol. The van der Waals surface area contributed by atoms with Gasteiger partial charge < -0.3 is 9.72 Å². The smallest absolute Gasteiger partial charge is 0.406 e. The van der Waals surface area contributed by atoms with Crippen LogP contribution in [0.5, 0.6) is 5.75 Å². The Morgan fingerprint density at radius 3 is 2.20 bits per heavy atom. The van der Waals surface area contributed by atoms with Crippen molar-refractivity contribution in [2.75, 3.05) is 0 Å². The molecule has 0 bridgehead atoms. The van der Waals surface area contributed by atoms with Crippen molar-refractivity contribution in [1.29, 1.82) is 0 Å². The molecule has 0 spiro atoms. The molecule has 2 saturated carbocycles. The topological polar surface area (TPSA) is 55.0 Å². The van der Waals surface area contributed by atoms with Gasteiger partial charge in [-0.2, -0.15) is 0 Å². The Hall–Kier alpha value is -2.57.